The Kier molecular flexibility index (Phi) is 5.04. The zero-order chi connectivity index (χ0) is 22.2. The summed E-state index contributed by atoms with van der Waals surface area (Å²) in [5.41, 5.74) is 1.79. The number of carbonyl (C=O) groups is 2. The SMILES string of the molecule is Cn1nnc2c(N3CCN(C(=O)NC4CC(=O)N(c5cccc(F)c5)C4)CC3)ncnc21. The van der Waals surface area contributed by atoms with Crippen molar-refractivity contribution in [3.05, 3.63) is 36.4 Å². The Morgan fingerprint density at radius 2 is 2.00 bits per heavy atom. The van der Waals surface area contributed by atoms with Crippen molar-refractivity contribution in [3.8, 4) is 0 Å². The molecule has 3 amide bonds. The maximum absolute atomic E-state index is 13.5. The molecule has 2 aliphatic heterocycles. The molecule has 1 atom stereocenters. The molecule has 1 unspecified atom stereocenters. The van der Waals surface area contributed by atoms with Crippen LogP contribution in [0.4, 0.5) is 20.7 Å². The lowest BCUT2D eigenvalue weighted by Crippen LogP contribution is -2.54. The second-order valence-electron chi connectivity index (χ2n) is 7.89. The van der Waals surface area contributed by atoms with Crippen LogP contribution in [0.5, 0.6) is 0 Å². The van der Waals surface area contributed by atoms with Crippen molar-refractivity contribution >= 4 is 34.6 Å². The van der Waals surface area contributed by atoms with Gasteiger partial charge in [-0.15, -0.1) is 5.10 Å². The average Bonchev–Trinajstić information content (AvgIpc) is 3.36. The van der Waals surface area contributed by atoms with Gasteiger partial charge in [-0.05, 0) is 18.2 Å². The van der Waals surface area contributed by atoms with E-state index in [4.69, 9.17) is 0 Å². The number of amides is 3. The summed E-state index contributed by atoms with van der Waals surface area (Å²) in [6.45, 7) is 2.52. The van der Waals surface area contributed by atoms with Crippen molar-refractivity contribution in [1.82, 2.24) is 35.2 Å². The van der Waals surface area contributed by atoms with Crippen LogP contribution in [0.3, 0.4) is 0 Å². The quantitative estimate of drug-likeness (QED) is 0.634. The number of rotatable bonds is 3. The Morgan fingerprint density at radius 3 is 2.78 bits per heavy atom. The van der Waals surface area contributed by atoms with Crippen molar-refractivity contribution in [2.75, 3.05) is 42.5 Å². The van der Waals surface area contributed by atoms with Gasteiger partial charge in [0.15, 0.2) is 17.0 Å². The van der Waals surface area contributed by atoms with Gasteiger partial charge in [0.25, 0.3) is 0 Å². The number of hydrogen-bond acceptors (Lipinski definition) is 7. The second kappa shape index (κ2) is 8.02. The highest BCUT2D eigenvalue weighted by Crippen LogP contribution is 2.23. The minimum absolute atomic E-state index is 0.137. The van der Waals surface area contributed by atoms with E-state index in [1.165, 1.54) is 23.4 Å². The largest absolute Gasteiger partial charge is 0.351 e. The standard InChI is InChI=1S/C20H22FN9O2/c1-27-18-17(25-26-27)19(23-12-22-18)28-5-7-29(8-6-28)20(32)24-14-10-16(31)30(11-14)15-4-2-3-13(21)9-15/h2-4,9,12,14H,5-8,10-11H2,1H3,(H,24,32). The summed E-state index contributed by atoms with van der Waals surface area (Å²) in [5, 5.41) is 11.1. The first-order valence-corrected chi connectivity index (χ1v) is 10.4. The summed E-state index contributed by atoms with van der Waals surface area (Å²) in [4.78, 5) is 39.0. The van der Waals surface area contributed by atoms with E-state index in [2.05, 4.69) is 30.5 Å². The Labute approximate surface area is 182 Å². The highest BCUT2D eigenvalue weighted by molar-refractivity contribution is 5.96. The van der Waals surface area contributed by atoms with E-state index in [0.29, 0.717) is 55.4 Å². The smallest absolute Gasteiger partial charge is 0.317 e. The van der Waals surface area contributed by atoms with Gasteiger partial charge < -0.3 is 20.0 Å². The molecule has 2 aliphatic rings. The first kappa shape index (κ1) is 20.1. The number of carbonyl (C=O) groups excluding carboxylic acids is 2. The predicted molar refractivity (Wildman–Crippen MR) is 114 cm³/mol. The van der Waals surface area contributed by atoms with Crippen molar-refractivity contribution in [3.63, 3.8) is 0 Å². The molecule has 12 heteroatoms. The molecule has 0 radical (unpaired) electrons. The van der Waals surface area contributed by atoms with Crippen LogP contribution in [0.25, 0.3) is 11.2 Å². The van der Waals surface area contributed by atoms with Gasteiger partial charge in [-0.3, -0.25) is 4.79 Å². The summed E-state index contributed by atoms with van der Waals surface area (Å²) in [7, 11) is 1.78. The van der Waals surface area contributed by atoms with Crippen LogP contribution in [0, 0.1) is 5.82 Å². The number of halogens is 1. The average molecular weight is 439 g/mol. The van der Waals surface area contributed by atoms with Gasteiger partial charge in [-0.25, -0.2) is 23.8 Å². The molecule has 3 aromatic rings. The van der Waals surface area contributed by atoms with Crippen LogP contribution in [-0.2, 0) is 11.8 Å². The number of aromatic nitrogens is 5. The molecular weight excluding hydrogens is 417 g/mol. The lowest BCUT2D eigenvalue weighted by atomic mass is 10.2. The zero-order valence-electron chi connectivity index (χ0n) is 17.5. The summed E-state index contributed by atoms with van der Waals surface area (Å²) in [6, 6.07) is 5.37. The molecule has 5 rings (SSSR count). The third-order valence-corrected chi connectivity index (χ3v) is 5.81. The molecule has 2 fully saturated rings. The van der Waals surface area contributed by atoms with E-state index in [9.17, 15) is 14.0 Å². The Balaban J connectivity index is 1.19. The Bertz CT molecular complexity index is 1170. The number of aryl methyl sites for hydroxylation is 1. The lowest BCUT2D eigenvalue weighted by molar-refractivity contribution is -0.117. The molecule has 2 saturated heterocycles. The van der Waals surface area contributed by atoms with Crippen molar-refractivity contribution in [2.24, 2.45) is 7.05 Å². The third-order valence-electron chi connectivity index (χ3n) is 5.81. The van der Waals surface area contributed by atoms with Crippen molar-refractivity contribution in [2.45, 2.75) is 12.5 Å². The molecule has 0 saturated carbocycles. The molecule has 1 aromatic carbocycles. The topological polar surface area (TPSA) is 112 Å². The monoisotopic (exact) mass is 439 g/mol. The molecule has 0 spiro atoms. The van der Waals surface area contributed by atoms with Gasteiger partial charge in [-0.1, -0.05) is 11.3 Å². The fraction of sp³-hybridized carbons (Fsp3) is 0.400. The van der Waals surface area contributed by atoms with Crippen LogP contribution in [-0.4, -0.2) is 80.6 Å². The first-order chi connectivity index (χ1) is 15.5. The van der Waals surface area contributed by atoms with E-state index in [0.717, 1.165) is 0 Å². The first-order valence-electron chi connectivity index (χ1n) is 10.4. The molecule has 0 aliphatic carbocycles. The highest BCUT2D eigenvalue weighted by Gasteiger charge is 2.33. The number of nitrogens with zero attached hydrogens (tertiary/aromatic N) is 8. The summed E-state index contributed by atoms with van der Waals surface area (Å²) in [5.74, 6) is 0.167. The van der Waals surface area contributed by atoms with Gasteiger partial charge in [0.2, 0.25) is 5.91 Å². The fourth-order valence-electron chi connectivity index (χ4n) is 4.16. The number of nitrogens with one attached hydrogen (secondary N) is 1. The summed E-state index contributed by atoms with van der Waals surface area (Å²) in [6.07, 6.45) is 1.68. The van der Waals surface area contributed by atoms with Crippen LogP contribution >= 0.6 is 0 Å². The van der Waals surface area contributed by atoms with Gasteiger partial charge in [0.05, 0.1) is 6.04 Å². The van der Waals surface area contributed by atoms with Crippen molar-refractivity contribution < 1.29 is 14.0 Å². The minimum atomic E-state index is -0.400. The van der Waals surface area contributed by atoms with Crippen molar-refractivity contribution in [1.29, 1.82) is 0 Å². The number of fused-ring (bicyclic) bond motifs is 1. The van der Waals surface area contributed by atoms with E-state index >= 15 is 0 Å². The number of anilines is 2. The Morgan fingerprint density at radius 1 is 1.19 bits per heavy atom. The normalized spacial score (nSPS) is 19.1. The van der Waals surface area contributed by atoms with Gasteiger partial charge in [-0.2, -0.15) is 0 Å². The summed E-state index contributed by atoms with van der Waals surface area (Å²) >= 11 is 0. The van der Waals surface area contributed by atoms with E-state index < -0.39 is 5.82 Å². The summed E-state index contributed by atoms with van der Waals surface area (Å²) < 4.78 is 15.1. The van der Waals surface area contributed by atoms with Crippen LogP contribution in [0.15, 0.2) is 30.6 Å². The maximum atomic E-state index is 13.5. The lowest BCUT2D eigenvalue weighted by Gasteiger charge is -2.35. The highest BCUT2D eigenvalue weighted by atomic mass is 19.1. The predicted octanol–water partition coefficient (Wildman–Crippen LogP) is 0.535. The third kappa shape index (κ3) is 3.67. The minimum Gasteiger partial charge on any atom is -0.351 e. The molecule has 2 aromatic heterocycles. The van der Waals surface area contributed by atoms with Gasteiger partial charge in [0.1, 0.15) is 12.1 Å². The molecular formula is C20H22FN9O2. The molecule has 32 heavy (non-hydrogen) atoms. The second-order valence-corrected chi connectivity index (χ2v) is 7.89. The van der Waals surface area contributed by atoms with Gasteiger partial charge in [0, 0.05) is 51.9 Å². The van der Waals surface area contributed by atoms with Crippen LogP contribution < -0.4 is 15.1 Å². The van der Waals surface area contributed by atoms with E-state index in [1.807, 2.05) is 0 Å². The molecule has 0 bridgehead atoms. The maximum Gasteiger partial charge on any atom is 0.317 e. The van der Waals surface area contributed by atoms with Crippen LogP contribution in [0.1, 0.15) is 6.42 Å². The molecule has 11 nitrogen and oxygen atoms in total. The number of hydrogen-bond donors (Lipinski definition) is 1. The zero-order valence-corrected chi connectivity index (χ0v) is 17.5. The molecule has 4 heterocycles. The number of benzene rings is 1. The molecule has 166 valence electrons. The van der Waals surface area contributed by atoms with E-state index in [-0.39, 0.29) is 24.4 Å². The number of piperazine rings is 1. The Hall–Kier alpha value is -3.83. The van der Waals surface area contributed by atoms with Gasteiger partial charge >= 0.3 is 6.03 Å². The molecule has 1 N–H and O–H groups in total. The van der Waals surface area contributed by atoms with E-state index in [1.54, 1.807) is 28.8 Å². The fourth-order valence-corrected chi connectivity index (χ4v) is 4.16. The number of urea groups is 1. The van der Waals surface area contributed by atoms with Crippen LogP contribution in [0.2, 0.25) is 0 Å².